The van der Waals surface area contributed by atoms with E-state index in [4.69, 9.17) is 4.74 Å². The van der Waals surface area contributed by atoms with Gasteiger partial charge in [-0.1, -0.05) is 78.7 Å². The van der Waals surface area contributed by atoms with Crippen molar-refractivity contribution in [2.75, 3.05) is 0 Å². The first-order chi connectivity index (χ1) is 18.8. The maximum Gasteiger partial charge on any atom is 0.408 e. The standard InChI is InChI=1S/C30H41BrN4O5/c1-7-19(2)25(28(38)32-18-22-13-15-23(31)16-14-22)35-26(36)20(3)33-27(37)24(17-21-11-9-8-10-12-21)34-29(39)40-30(4,5)6/h8-16,19-20,24-25H,7,17-18H2,1-6H3,(H,32,38)(H,33,37)(H,34,39)(H,35,36)/t19-,20-,24-,25-/m0/s1. The number of ether oxygens (including phenoxy) is 1. The van der Waals surface area contributed by atoms with Crippen molar-refractivity contribution >= 4 is 39.7 Å². The zero-order valence-electron chi connectivity index (χ0n) is 24.0. The van der Waals surface area contributed by atoms with E-state index in [0.29, 0.717) is 13.0 Å². The SMILES string of the molecule is CC[C@H](C)[C@H](NC(=O)[C@H](C)NC(=O)[C@H](Cc1ccccc1)NC(=O)OC(C)(C)C)C(=O)NCc1ccc(Br)cc1. The number of alkyl carbamates (subject to hydrolysis) is 1. The molecule has 0 heterocycles. The number of halogens is 1. The highest BCUT2D eigenvalue weighted by molar-refractivity contribution is 9.10. The quantitative estimate of drug-likeness (QED) is 0.284. The zero-order chi connectivity index (χ0) is 29.9. The Kier molecular flexibility index (Phi) is 12.6. The van der Waals surface area contributed by atoms with Gasteiger partial charge in [0.1, 0.15) is 23.7 Å². The van der Waals surface area contributed by atoms with Gasteiger partial charge in [0.2, 0.25) is 17.7 Å². The summed E-state index contributed by atoms with van der Waals surface area (Å²) in [6.45, 7) is 10.9. The van der Waals surface area contributed by atoms with Crippen LogP contribution < -0.4 is 21.3 Å². The van der Waals surface area contributed by atoms with Crippen LogP contribution in [0.3, 0.4) is 0 Å². The number of nitrogens with one attached hydrogen (secondary N) is 4. The zero-order valence-corrected chi connectivity index (χ0v) is 25.6. The molecular formula is C30H41BrN4O5. The van der Waals surface area contributed by atoms with Crippen molar-refractivity contribution in [3.8, 4) is 0 Å². The van der Waals surface area contributed by atoms with Gasteiger partial charge in [-0.05, 0) is 56.9 Å². The number of carbonyl (C=O) groups excluding carboxylic acids is 4. The van der Waals surface area contributed by atoms with Crippen LogP contribution in [-0.2, 0) is 32.1 Å². The van der Waals surface area contributed by atoms with E-state index in [1.165, 1.54) is 6.92 Å². The first-order valence-corrected chi connectivity index (χ1v) is 14.2. The van der Waals surface area contributed by atoms with Gasteiger partial charge in [-0.25, -0.2) is 4.79 Å². The van der Waals surface area contributed by atoms with Gasteiger partial charge in [-0.2, -0.15) is 0 Å². The molecular weight excluding hydrogens is 576 g/mol. The molecule has 40 heavy (non-hydrogen) atoms. The molecule has 218 valence electrons. The summed E-state index contributed by atoms with van der Waals surface area (Å²) in [6, 6.07) is 14.1. The highest BCUT2D eigenvalue weighted by atomic mass is 79.9. The van der Waals surface area contributed by atoms with Gasteiger partial charge in [0.25, 0.3) is 0 Å². The molecule has 0 saturated carbocycles. The second-order valence-corrected chi connectivity index (χ2v) is 11.8. The molecule has 2 aromatic carbocycles. The largest absolute Gasteiger partial charge is 0.444 e. The monoisotopic (exact) mass is 616 g/mol. The molecule has 9 nitrogen and oxygen atoms in total. The van der Waals surface area contributed by atoms with Crippen molar-refractivity contribution in [3.05, 3.63) is 70.2 Å². The van der Waals surface area contributed by atoms with Crippen molar-refractivity contribution in [1.29, 1.82) is 0 Å². The number of hydrogen-bond donors (Lipinski definition) is 4. The van der Waals surface area contributed by atoms with Gasteiger partial charge in [-0.15, -0.1) is 0 Å². The molecule has 4 atom stereocenters. The summed E-state index contributed by atoms with van der Waals surface area (Å²) in [5.41, 5.74) is 1.01. The average molecular weight is 618 g/mol. The van der Waals surface area contributed by atoms with Crippen molar-refractivity contribution in [2.45, 2.75) is 84.7 Å². The number of hydrogen-bond acceptors (Lipinski definition) is 5. The Hall–Kier alpha value is -3.40. The van der Waals surface area contributed by atoms with Crippen LogP contribution in [0.2, 0.25) is 0 Å². The Morgan fingerprint density at radius 3 is 2.02 bits per heavy atom. The molecule has 0 aliphatic heterocycles. The Morgan fingerprint density at radius 2 is 1.45 bits per heavy atom. The third kappa shape index (κ3) is 11.4. The van der Waals surface area contributed by atoms with Crippen LogP contribution >= 0.6 is 15.9 Å². The van der Waals surface area contributed by atoms with Crippen LogP contribution in [0.1, 0.15) is 59.1 Å². The van der Waals surface area contributed by atoms with Crippen molar-refractivity contribution in [2.24, 2.45) is 5.92 Å². The topological polar surface area (TPSA) is 126 Å². The fourth-order valence-corrected chi connectivity index (χ4v) is 4.03. The first-order valence-electron chi connectivity index (χ1n) is 13.5. The van der Waals surface area contributed by atoms with Gasteiger partial charge >= 0.3 is 6.09 Å². The Labute approximate surface area is 245 Å². The summed E-state index contributed by atoms with van der Waals surface area (Å²) < 4.78 is 6.27. The maximum atomic E-state index is 13.2. The minimum absolute atomic E-state index is 0.142. The first kappa shape index (κ1) is 32.8. The number of rotatable bonds is 12. The summed E-state index contributed by atoms with van der Waals surface area (Å²) >= 11 is 3.39. The minimum Gasteiger partial charge on any atom is -0.444 e. The van der Waals surface area contributed by atoms with Gasteiger partial charge in [0.15, 0.2) is 0 Å². The summed E-state index contributed by atoms with van der Waals surface area (Å²) in [4.78, 5) is 51.8. The lowest BCUT2D eigenvalue weighted by atomic mass is 9.97. The molecule has 0 bridgehead atoms. The highest BCUT2D eigenvalue weighted by Gasteiger charge is 2.30. The summed E-state index contributed by atoms with van der Waals surface area (Å²) in [6.07, 6.45) is 0.129. The lowest BCUT2D eigenvalue weighted by Gasteiger charge is -2.27. The Balaban J connectivity index is 2.06. The summed E-state index contributed by atoms with van der Waals surface area (Å²) in [5.74, 6) is -1.50. The lowest BCUT2D eigenvalue weighted by Crippen LogP contribution is -2.57. The molecule has 0 unspecified atom stereocenters. The Morgan fingerprint density at radius 1 is 0.825 bits per heavy atom. The van der Waals surface area contributed by atoms with E-state index < -0.39 is 41.6 Å². The van der Waals surface area contributed by atoms with Crippen LogP contribution in [-0.4, -0.2) is 47.5 Å². The number of carbonyl (C=O) groups is 4. The lowest BCUT2D eigenvalue weighted by molar-refractivity contribution is -0.133. The van der Waals surface area contributed by atoms with E-state index in [1.54, 1.807) is 20.8 Å². The molecule has 0 radical (unpaired) electrons. The molecule has 4 N–H and O–H groups in total. The van der Waals surface area contributed by atoms with Crippen LogP contribution in [0, 0.1) is 5.92 Å². The smallest absolute Gasteiger partial charge is 0.408 e. The minimum atomic E-state index is -0.980. The Bertz CT molecular complexity index is 1140. The molecule has 0 saturated heterocycles. The van der Waals surface area contributed by atoms with E-state index in [1.807, 2.05) is 68.4 Å². The second kappa shape index (κ2) is 15.4. The van der Waals surface area contributed by atoms with Crippen molar-refractivity contribution < 1.29 is 23.9 Å². The molecule has 2 rings (SSSR count). The van der Waals surface area contributed by atoms with E-state index in [2.05, 4.69) is 37.2 Å². The highest BCUT2D eigenvalue weighted by Crippen LogP contribution is 2.12. The molecule has 0 aromatic heterocycles. The van der Waals surface area contributed by atoms with Gasteiger partial charge < -0.3 is 26.0 Å². The van der Waals surface area contributed by atoms with Gasteiger partial charge in [0.05, 0.1) is 0 Å². The van der Waals surface area contributed by atoms with Crippen molar-refractivity contribution in [3.63, 3.8) is 0 Å². The molecule has 0 aliphatic rings. The molecule has 4 amide bonds. The van der Waals surface area contributed by atoms with Gasteiger partial charge in [0, 0.05) is 17.4 Å². The van der Waals surface area contributed by atoms with E-state index in [-0.39, 0.29) is 18.2 Å². The third-order valence-electron chi connectivity index (χ3n) is 6.22. The maximum absolute atomic E-state index is 13.2. The fourth-order valence-electron chi connectivity index (χ4n) is 3.77. The van der Waals surface area contributed by atoms with Gasteiger partial charge in [-0.3, -0.25) is 14.4 Å². The van der Waals surface area contributed by atoms with Crippen LogP contribution in [0.4, 0.5) is 4.79 Å². The fraction of sp³-hybridized carbons (Fsp3) is 0.467. The molecule has 0 fully saturated rings. The number of amides is 4. The van der Waals surface area contributed by atoms with Crippen LogP contribution in [0.15, 0.2) is 59.1 Å². The summed E-state index contributed by atoms with van der Waals surface area (Å²) in [7, 11) is 0. The van der Waals surface area contributed by atoms with E-state index in [0.717, 1.165) is 15.6 Å². The number of benzene rings is 2. The molecule has 2 aromatic rings. The average Bonchev–Trinajstić information content (AvgIpc) is 2.89. The van der Waals surface area contributed by atoms with Crippen LogP contribution in [0.5, 0.6) is 0 Å². The van der Waals surface area contributed by atoms with E-state index in [9.17, 15) is 19.2 Å². The second-order valence-electron chi connectivity index (χ2n) is 10.8. The normalized spacial score (nSPS) is 14.2. The molecule has 0 spiro atoms. The molecule has 0 aliphatic carbocycles. The predicted molar refractivity (Wildman–Crippen MR) is 158 cm³/mol. The van der Waals surface area contributed by atoms with Crippen LogP contribution in [0.25, 0.3) is 0 Å². The summed E-state index contributed by atoms with van der Waals surface area (Å²) in [5, 5.41) is 11.0. The third-order valence-corrected chi connectivity index (χ3v) is 6.74. The van der Waals surface area contributed by atoms with Crippen molar-refractivity contribution in [1.82, 2.24) is 21.3 Å². The predicted octanol–water partition coefficient (Wildman–Crippen LogP) is 4.24. The van der Waals surface area contributed by atoms with E-state index >= 15 is 0 Å². The molecule has 10 heteroatoms.